The molecule has 1 atom stereocenters. The highest BCUT2D eigenvalue weighted by molar-refractivity contribution is 7.14. The van der Waals surface area contributed by atoms with Crippen molar-refractivity contribution in [3.05, 3.63) is 21.4 Å². The van der Waals surface area contributed by atoms with Crippen molar-refractivity contribution in [2.45, 2.75) is 64.9 Å². The van der Waals surface area contributed by atoms with Crippen molar-refractivity contribution >= 4 is 29.2 Å². The summed E-state index contributed by atoms with van der Waals surface area (Å²) < 4.78 is 5.39. The number of nitrogens with one attached hydrogen (secondary N) is 2. The quantitative estimate of drug-likeness (QED) is 0.738. The molecule has 154 valence electrons. The maximum absolute atomic E-state index is 12.5. The second-order valence-electron chi connectivity index (χ2n) is 8.48. The summed E-state index contributed by atoms with van der Waals surface area (Å²) in [6.07, 6.45) is 5.38. The molecule has 0 aromatic carbocycles. The summed E-state index contributed by atoms with van der Waals surface area (Å²) >= 11 is 1.51. The van der Waals surface area contributed by atoms with Gasteiger partial charge in [0.1, 0.15) is 5.60 Å². The van der Waals surface area contributed by atoms with E-state index < -0.39 is 11.7 Å². The third kappa shape index (κ3) is 5.25. The average Bonchev–Trinajstić information content (AvgIpc) is 3.09. The third-order valence-corrected chi connectivity index (χ3v) is 6.20. The highest BCUT2D eigenvalue weighted by Gasteiger charge is 2.31. The zero-order chi connectivity index (χ0) is 20.3. The molecule has 8 heteroatoms. The largest absolute Gasteiger partial charge is 0.444 e. The molecule has 0 bridgehead atoms. The number of amides is 3. The highest BCUT2D eigenvalue weighted by atomic mass is 32.1. The van der Waals surface area contributed by atoms with Gasteiger partial charge in [0.15, 0.2) is 0 Å². The van der Waals surface area contributed by atoms with Gasteiger partial charge in [-0.15, -0.1) is 11.3 Å². The van der Waals surface area contributed by atoms with Gasteiger partial charge in [0.25, 0.3) is 5.91 Å². The molecule has 0 saturated carbocycles. The van der Waals surface area contributed by atoms with Crippen molar-refractivity contribution in [3.63, 3.8) is 0 Å². The number of hydrogen-bond acceptors (Lipinski definition) is 5. The van der Waals surface area contributed by atoms with Crippen molar-refractivity contribution in [2.75, 3.05) is 13.1 Å². The molecule has 1 saturated heterocycles. The number of thiophene rings is 1. The Morgan fingerprint density at radius 2 is 1.89 bits per heavy atom. The van der Waals surface area contributed by atoms with Gasteiger partial charge in [-0.2, -0.15) is 0 Å². The van der Waals surface area contributed by atoms with Crippen molar-refractivity contribution in [3.8, 4) is 0 Å². The van der Waals surface area contributed by atoms with Crippen LogP contribution >= 0.6 is 11.3 Å². The number of piperidine rings is 1. The summed E-state index contributed by atoms with van der Waals surface area (Å²) in [4.78, 5) is 40.6. The Morgan fingerprint density at radius 3 is 2.61 bits per heavy atom. The molecule has 1 aliphatic heterocycles. The van der Waals surface area contributed by atoms with Gasteiger partial charge in [0.05, 0.1) is 10.8 Å². The van der Waals surface area contributed by atoms with Gasteiger partial charge in [-0.3, -0.25) is 20.4 Å². The molecule has 0 radical (unpaired) electrons. The van der Waals surface area contributed by atoms with Crippen molar-refractivity contribution < 1.29 is 19.1 Å². The zero-order valence-electron chi connectivity index (χ0n) is 16.8. The Hall–Kier alpha value is -2.09. The maximum Gasteiger partial charge on any atom is 0.410 e. The minimum Gasteiger partial charge on any atom is -0.444 e. The van der Waals surface area contributed by atoms with E-state index in [2.05, 4.69) is 10.9 Å². The number of aryl methyl sites for hydroxylation is 2. The zero-order valence-corrected chi connectivity index (χ0v) is 17.6. The molecule has 0 spiro atoms. The molecule has 1 aliphatic carbocycles. The lowest BCUT2D eigenvalue weighted by Gasteiger charge is -2.33. The molecule has 7 nitrogen and oxygen atoms in total. The molecular formula is C20H29N3O4S. The van der Waals surface area contributed by atoms with Crippen LogP contribution in [0.4, 0.5) is 4.79 Å². The molecule has 2 heterocycles. The molecule has 1 unspecified atom stereocenters. The van der Waals surface area contributed by atoms with E-state index in [-0.39, 0.29) is 17.7 Å². The van der Waals surface area contributed by atoms with Crippen LogP contribution in [-0.4, -0.2) is 41.5 Å². The summed E-state index contributed by atoms with van der Waals surface area (Å²) in [6, 6.07) is 1.94. The first-order valence-corrected chi connectivity index (χ1v) is 10.7. The molecule has 2 aliphatic rings. The fourth-order valence-corrected chi connectivity index (χ4v) is 4.72. The van der Waals surface area contributed by atoms with Crippen LogP contribution in [0, 0.1) is 5.92 Å². The molecular weight excluding hydrogens is 378 g/mol. The van der Waals surface area contributed by atoms with Gasteiger partial charge >= 0.3 is 6.09 Å². The van der Waals surface area contributed by atoms with Crippen LogP contribution in [0.2, 0.25) is 0 Å². The first kappa shape index (κ1) is 20.6. The van der Waals surface area contributed by atoms with Crippen LogP contribution < -0.4 is 10.9 Å². The minimum atomic E-state index is -0.569. The van der Waals surface area contributed by atoms with Crippen LogP contribution in [0.25, 0.3) is 0 Å². The van der Waals surface area contributed by atoms with E-state index in [1.165, 1.54) is 28.2 Å². The molecule has 3 rings (SSSR count). The molecule has 1 aromatic rings. The van der Waals surface area contributed by atoms with E-state index in [1.807, 2.05) is 26.8 Å². The maximum atomic E-state index is 12.5. The van der Waals surface area contributed by atoms with Crippen LogP contribution in [0.5, 0.6) is 0 Å². The van der Waals surface area contributed by atoms with Gasteiger partial charge in [0.2, 0.25) is 5.91 Å². The summed E-state index contributed by atoms with van der Waals surface area (Å²) in [5, 5.41) is 0. The molecule has 1 fully saturated rings. The summed E-state index contributed by atoms with van der Waals surface area (Å²) in [5.41, 5.74) is 5.74. The summed E-state index contributed by atoms with van der Waals surface area (Å²) in [6.45, 7) is 6.32. The topological polar surface area (TPSA) is 87.7 Å². The number of likely N-dealkylation sites (tertiary alicyclic amines) is 1. The van der Waals surface area contributed by atoms with Crippen LogP contribution in [0.1, 0.15) is 66.6 Å². The minimum absolute atomic E-state index is 0.275. The fourth-order valence-electron chi connectivity index (χ4n) is 3.57. The molecule has 2 N–H and O–H groups in total. The Bertz CT molecular complexity index is 730. The predicted molar refractivity (Wildman–Crippen MR) is 107 cm³/mol. The second-order valence-corrected chi connectivity index (χ2v) is 9.61. The van der Waals surface area contributed by atoms with Crippen LogP contribution in [-0.2, 0) is 22.4 Å². The average molecular weight is 408 g/mol. The first-order chi connectivity index (χ1) is 13.2. The van der Waals surface area contributed by atoms with E-state index in [0.29, 0.717) is 24.4 Å². The number of fused-ring (bicyclic) bond motifs is 1. The normalized spacial score (nSPS) is 19.5. The second kappa shape index (κ2) is 8.51. The van der Waals surface area contributed by atoms with Gasteiger partial charge in [-0.25, -0.2) is 4.79 Å². The van der Waals surface area contributed by atoms with E-state index >= 15 is 0 Å². The lowest BCUT2D eigenvalue weighted by atomic mass is 9.98. The third-order valence-electron chi connectivity index (χ3n) is 4.96. The number of nitrogens with zero attached hydrogens (tertiary/aromatic N) is 1. The number of hydrazine groups is 1. The standard InChI is InChI=1S/C20H29N3O4S/c1-20(2,3)27-19(26)23-10-6-8-14(12-23)17(24)21-22-18(25)16-11-13-7-4-5-9-15(13)28-16/h11,14H,4-10,12H2,1-3H3,(H,21,24)(H,22,25). The van der Waals surface area contributed by atoms with E-state index in [4.69, 9.17) is 4.74 Å². The van der Waals surface area contributed by atoms with E-state index in [1.54, 1.807) is 4.90 Å². The molecule has 28 heavy (non-hydrogen) atoms. The predicted octanol–water partition coefficient (Wildman–Crippen LogP) is 3.04. The van der Waals surface area contributed by atoms with Gasteiger partial charge in [0, 0.05) is 18.0 Å². The van der Waals surface area contributed by atoms with Crippen LogP contribution in [0.15, 0.2) is 6.07 Å². The lowest BCUT2D eigenvalue weighted by Crippen LogP contribution is -2.50. The van der Waals surface area contributed by atoms with Crippen molar-refractivity contribution in [2.24, 2.45) is 5.92 Å². The van der Waals surface area contributed by atoms with E-state index in [0.717, 1.165) is 25.7 Å². The smallest absolute Gasteiger partial charge is 0.410 e. The number of ether oxygens (including phenoxy) is 1. The molecule has 3 amide bonds. The highest BCUT2D eigenvalue weighted by Crippen LogP contribution is 2.29. The van der Waals surface area contributed by atoms with Crippen molar-refractivity contribution in [1.82, 2.24) is 15.8 Å². The Balaban J connectivity index is 1.50. The Kier molecular flexibility index (Phi) is 6.27. The van der Waals surface area contributed by atoms with Gasteiger partial charge < -0.3 is 9.64 Å². The fraction of sp³-hybridized carbons (Fsp3) is 0.650. The lowest BCUT2D eigenvalue weighted by molar-refractivity contribution is -0.127. The van der Waals surface area contributed by atoms with Crippen LogP contribution in [0.3, 0.4) is 0 Å². The van der Waals surface area contributed by atoms with Gasteiger partial charge in [-0.1, -0.05) is 0 Å². The number of hydrogen-bond donors (Lipinski definition) is 2. The Morgan fingerprint density at radius 1 is 1.14 bits per heavy atom. The Labute approximate surface area is 169 Å². The molecule has 1 aromatic heterocycles. The summed E-state index contributed by atoms with van der Waals surface area (Å²) in [7, 11) is 0. The number of carbonyl (C=O) groups excluding carboxylic acids is 3. The SMILES string of the molecule is CC(C)(C)OC(=O)N1CCCC(C(=O)NNC(=O)c2cc3c(s2)CCCC3)C1. The first-order valence-electron chi connectivity index (χ1n) is 9.92. The summed E-state index contributed by atoms with van der Waals surface area (Å²) in [5.74, 6) is -0.923. The van der Waals surface area contributed by atoms with Gasteiger partial charge in [-0.05, 0) is 70.9 Å². The number of rotatable bonds is 2. The van der Waals surface area contributed by atoms with E-state index in [9.17, 15) is 14.4 Å². The monoisotopic (exact) mass is 407 g/mol. The van der Waals surface area contributed by atoms with Crippen molar-refractivity contribution in [1.29, 1.82) is 0 Å². The number of carbonyl (C=O) groups is 3.